The van der Waals surface area contributed by atoms with Crippen molar-refractivity contribution in [3.63, 3.8) is 0 Å². The largest absolute Gasteiger partial charge is 0.441 e. The van der Waals surface area contributed by atoms with Crippen LogP contribution in [-0.2, 0) is 11.2 Å². The summed E-state index contributed by atoms with van der Waals surface area (Å²) >= 11 is 6.24. The first kappa shape index (κ1) is 22.5. The minimum Gasteiger partial charge on any atom is -0.441 e. The molecule has 1 fully saturated rings. The van der Waals surface area contributed by atoms with Gasteiger partial charge in [0.1, 0.15) is 0 Å². The molecular formula is C25H29ClN4O2. The number of carbonyl (C=O) groups is 1. The van der Waals surface area contributed by atoms with Gasteiger partial charge in [-0.3, -0.25) is 9.69 Å². The molecule has 32 heavy (non-hydrogen) atoms. The topological polar surface area (TPSA) is 61.6 Å². The molecule has 0 radical (unpaired) electrons. The Morgan fingerprint density at radius 2 is 1.81 bits per heavy atom. The zero-order chi connectivity index (χ0) is 22.3. The Balaban J connectivity index is 1.36. The van der Waals surface area contributed by atoms with Gasteiger partial charge in [-0.2, -0.15) is 0 Å². The molecule has 0 bridgehead atoms. The Bertz CT molecular complexity index is 1020. The number of hydrogen-bond donors (Lipinski definition) is 1. The molecule has 1 atom stereocenters. The van der Waals surface area contributed by atoms with E-state index in [4.69, 9.17) is 16.0 Å². The molecule has 1 aliphatic rings. The first-order valence-electron chi connectivity index (χ1n) is 11.0. The van der Waals surface area contributed by atoms with Gasteiger partial charge in [0, 0.05) is 51.1 Å². The lowest BCUT2D eigenvalue weighted by Crippen LogP contribution is -2.47. The second-order valence-corrected chi connectivity index (χ2v) is 8.64. The van der Waals surface area contributed by atoms with E-state index in [1.807, 2.05) is 42.5 Å². The molecule has 3 aromatic rings. The minimum absolute atomic E-state index is 0.00882. The summed E-state index contributed by atoms with van der Waals surface area (Å²) in [4.78, 5) is 21.9. The lowest BCUT2D eigenvalue weighted by Gasteiger charge is -2.35. The van der Waals surface area contributed by atoms with Crippen molar-refractivity contribution < 1.29 is 9.21 Å². The highest BCUT2D eigenvalue weighted by Crippen LogP contribution is 2.28. The summed E-state index contributed by atoms with van der Waals surface area (Å²) in [6.07, 6.45) is 2.41. The zero-order valence-corrected chi connectivity index (χ0v) is 19.1. The summed E-state index contributed by atoms with van der Waals surface area (Å²) in [5.74, 6) is 1.14. The number of oxazole rings is 1. The first-order valence-corrected chi connectivity index (χ1v) is 11.4. The van der Waals surface area contributed by atoms with E-state index >= 15 is 0 Å². The van der Waals surface area contributed by atoms with Gasteiger partial charge >= 0.3 is 0 Å². The van der Waals surface area contributed by atoms with Gasteiger partial charge in [0.25, 0.3) is 0 Å². The smallest absolute Gasteiger partial charge is 0.221 e. The van der Waals surface area contributed by atoms with Crippen molar-refractivity contribution >= 4 is 17.5 Å². The molecule has 168 valence electrons. The van der Waals surface area contributed by atoms with Crippen LogP contribution in [0.5, 0.6) is 0 Å². The predicted octanol–water partition coefficient (Wildman–Crippen LogP) is 4.03. The van der Waals surface area contributed by atoms with Crippen molar-refractivity contribution in [2.75, 3.05) is 39.8 Å². The Morgan fingerprint density at radius 1 is 1.09 bits per heavy atom. The second kappa shape index (κ2) is 10.8. The van der Waals surface area contributed by atoms with E-state index in [0.717, 1.165) is 43.9 Å². The normalized spacial score (nSPS) is 16.1. The number of aryl methyl sites for hydroxylation is 1. The van der Waals surface area contributed by atoms with Gasteiger partial charge in [-0.05, 0) is 24.7 Å². The van der Waals surface area contributed by atoms with E-state index < -0.39 is 0 Å². The summed E-state index contributed by atoms with van der Waals surface area (Å²) in [6.45, 7) is 4.92. The monoisotopic (exact) mass is 452 g/mol. The van der Waals surface area contributed by atoms with E-state index in [1.54, 1.807) is 6.20 Å². The van der Waals surface area contributed by atoms with Crippen molar-refractivity contribution in [2.45, 2.75) is 18.9 Å². The molecule has 1 aliphatic heterocycles. The van der Waals surface area contributed by atoms with Crippen LogP contribution in [0.15, 0.2) is 65.2 Å². The molecule has 4 rings (SSSR count). The fourth-order valence-electron chi connectivity index (χ4n) is 3.91. The maximum absolute atomic E-state index is 12.8. The minimum atomic E-state index is -0.0460. The average Bonchev–Trinajstić information content (AvgIpc) is 3.28. The summed E-state index contributed by atoms with van der Waals surface area (Å²) in [5, 5.41) is 3.84. The van der Waals surface area contributed by atoms with E-state index in [9.17, 15) is 4.79 Å². The van der Waals surface area contributed by atoms with Gasteiger partial charge in [0.15, 0.2) is 11.7 Å². The van der Waals surface area contributed by atoms with Crippen LogP contribution in [0.1, 0.15) is 23.9 Å². The third-order valence-corrected chi connectivity index (χ3v) is 6.16. The predicted molar refractivity (Wildman–Crippen MR) is 127 cm³/mol. The molecule has 1 saturated heterocycles. The molecule has 7 heteroatoms. The zero-order valence-electron chi connectivity index (χ0n) is 18.3. The summed E-state index contributed by atoms with van der Waals surface area (Å²) in [5.41, 5.74) is 1.92. The lowest BCUT2D eigenvalue weighted by atomic mass is 10.1. The van der Waals surface area contributed by atoms with E-state index in [2.05, 4.69) is 39.3 Å². The Morgan fingerprint density at radius 3 is 2.56 bits per heavy atom. The maximum Gasteiger partial charge on any atom is 0.221 e. The number of aromatic nitrogens is 1. The SMILES string of the molecule is CN1CCN(CC(NC(=O)CCc2ncc(-c3ccccc3Cl)o2)c2ccccc2)CC1. The molecular weight excluding hydrogens is 424 g/mol. The number of likely N-dealkylation sites (N-methyl/N-ethyl adjacent to an activating group) is 1. The fraction of sp³-hybridized carbons (Fsp3) is 0.360. The molecule has 2 aromatic carbocycles. The number of hydrogen-bond acceptors (Lipinski definition) is 5. The second-order valence-electron chi connectivity index (χ2n) is 8.23. The highest BCUT2D eigenvalue weighted by atomic mass is 35.5. The Labute approximate surface area is 194 Å². The molecule has 1 N–H and O–H groups in total. The van der Waals surface area contributed by atoms with Crippen LogP contribution in [-0.4, -0.2) is 60.5 Å². The Kier molecular flexibility index (Phi) is 7.58. The van der Waals surface area contributed by atoms with Crippen molar-refractivity contribution in [3.8, 4) is 11.3 Å². The average molecular weight is 453 g/mol. The Hall–Kier alpha value is -2.67. The first-order chi connectivity index (χ1) is 15.6. The molecule has 1 unspecified atom stereocenters. The highest BCUT2D eigenvalue weighted by Gasteiger charge is 2.21. The van der Waals surface area contributed by atoms with E-state index in [0.29, 0.717) is 29.5 Å². The maximum atomic E-state index is 12.8. The van der Waals surface area contributed by atoms with Crippen LogP contribution < -0.4 is 5.32 Å². The van der Waals surface area contributed by atoms with Gasteiger partial charge in [0.2, 0.25) is 5.91 Å². The molecule has 0 aliphatic carbocycles. The van der Waals surface area contributed by atoms with Gasteiger partial charge < -0.3 is 14.6 Å². The number of rotatable bonds is 8. The number of nitrogens with one attached hydrogen (secondary N) is 1. The number of piperazine rings is 1. The van der Waals surface area contributed by atoms with Gasteiger partial charge in [-0.25, -0.2) is 4.98 Å². The van der Waals surface area contributed by atoms with E-state index in [1.165, 1.54) is 0 Å². The van der Waals surface area contributed by atoms with Crippen LogP contribution in [0, 0.1) is 0 Å². The number of halogens is 1. The lowest BCUT2D eigenvalue weighted by molar-refractivity contribution is -0.122. The van der Waals surface area contributed by atoms with Crippen molar-refractivity contribution in [1.82, 2.24) is 20.1 Å². The van der Waals surface area contributed by atoms with Crippen molar-refractivity contribution in [1.29, 1.82) is 0 Å². The molecule has 0 spiro atoms. The van der Waals surface area contributed by atoms with Crippen LogP contribution in [0.3, 0.4) is 0 Å². The van der Waals surface area contributed by atoms with E-state index in [-0.39, 0.29) is 11.9 Å². The molecule has 2 heterocycles. The standard InChI is InChI=1S/C25H29ClN4O2/c1-29-13-15-30(16-14-29)18-22(19-7-3-2-4-8-19)28-24(31)11-12-25-27-17-23(32-25)20-9-5-6-10-21(20)26/h2-10,17,22H,11-16,18H2,1H3,(H,28,31). The van der Waals surface area contributed by atoms with Crippen LogP contribution in [0.25, 0.3) is 11.3 Å². The number of carbonyl (C=O) groups excluding carboxylic acids is 1. The molecule has 0 saturated carbocycles. The van der Waals surface area contributed by atoms with Crippen LogP contribution in [0.2, 0.25) is 5.02 Å². The van der Waals surface area contributed by atoms with Crippen molar-refractivity contribution in [3.05, 3.63) is 77.3 Å². The fourth-order valence-corrected chi connectivity index (χ4v) is 4.14. The summed E-state index contributed by atoms with van der Waals surface area (Å²) in [6, 6.07) is 17.6. The van der Waals surface area contributed by atoms with Gasteiger partial charge in [-0.15, -0.1) is 0 Å². The van der Waals surface area contributed by atoms with Crippen molar-refractivity contribution in [2.24, 2.45) is 0 Å². The third kappa shape index (κ3) is 5.97. The number of nitrogens with zero attached hydrogens (tertiary/aromatic N) is 3. The highest BCUT2D eigenvalue weighted by molar-refractivity contribution is 6.33. The quantitative estimate of drug-likeness (QED) is 0.559. The third-order valence-electron chi connectivity index (χ3n) is 5.83. The molecule has 6 nitrogen and oxygen atoms in total. The van der Waals surface area contributed by atoms with Gasteiger partial charge in [-0.1, -0.05) is 54.1 Å². The summed E-state index contributed by atoms with van der Waals surface area (Å²) < 4.78 is 5.83. The molecule has 1 aromatic heterocycles. The van der Waals surface area contributed by atoms with Gasteiger partial charge in [0.05, 0.1) is 17.3 Å². The van der Waals surface area contributed by atoms with Crippen LogP contribution >= 0.6 is 11.6 Å². The number of benzene rings is 2. The summed E-state index contributed by atoms with van der Waals surface area (Å²) in [7, 11) is 2.15. The van der Waals surface area contributed by atoms with Crippen LogP contribution in [0.4, 0.5) is 0 Å². The molecule has 1 amide bonds. The number of amides is 1.